The molecule has 0 saturated carbocycles. The lowest BCUT2D eigenvalue weighted by Crippen LogP contribution is -2.46. The van der Waals surface area contributed by atoms with Gasteiger partial charge in [0.05, 0.1) is 18.4 Å². The fourth-order valence-electron chi connectivity index (χ4n) is 3.28. The van der Waals surface area contributed by atoms with E-state index in [2.05, 4.69) is 5.32 Å². The fraction of sp³-hybridized carbons (Fsp3) is 0.350. The van der Waals surface area contributed by atoms with Gasteiger partial charge in [0.1, 0.15) is 11.6 Å². The summed E-state index contributed by atoms with van der Waals surface area (Å²) in [6, 6.07) is 10.3. The topological polar surface area (TPSA) is 75.7 Å². The second-order valence-electron chi connectivity index (χ2n) is 6.80. The third-order valence-corrected chi connectivity index (χ3v) is 7.18. The monoisotopic (exact) mass is 440 g/mol. The van der Waals surface area contributed by atoms with Crippen LogP contribution in [0, 0.1) is 5.82 Å². The predicted octanol–water partition coefficient (Wildman–Crippen LogP) is 3.00. The van der Waals surface area contributed by atoms with E-state index >= 15 is 0 Å². The number of nitrogens with one attached hydrogen (secondary N) is 1. The van der Waals surface area contributed by atoms with Crippen LogP contribution < -0.4 is 10.1 Å². The quantitative estimate of drug-likeness (QED) is 0.749. The Labute approximate surface area is 174 Å². The van der Waals surface area contributed by atoms with Crippen molar-refractivity contribution < 1.29 is 22.3 Å². The van der Waals surface area contributed by atoms with Gasteiger partial charge < -0.3 is 10.1 Å². The van der Waals surface area contributed by atoms with Crippen LogP contribution in [0.15, 0.2) is 47.4 Å². The number of ether oxygens (including phenoxy) is 1. The minimum absolute atomic E-state index is 0.157. The van der Waals surface area contributed by atoms with Crippen LogP contribution in [-0.4, -0.2) is 44.9 Å². The maximum absolute atomic E-state index is 13.8. The van der Waals surface area contributed by atoms with Crippen LogP contribution in [0.25, 0.3) is 0 Å². The Morgan fingerprint density at radius 1 is 1.21 bits per heavy atom. The molecule has 9 heteroatoms. The molecule has 0 aromatic heterocycles. The molecule has 0 unspecified atom stereocenters. The van der Waals surface area contributed by atoms with Crippen molar-refractivity contribution in [1.29, 1.82) is 0 Å². The number of piperidine rings is 1. The number of hydrogen-bond donors (Lipinski definition) is 1. The third kappa shape index (κ3) is 5.07. The van der Waals surface area contributed by atoms with Crippen LogP contribution in [0.4, 0.5) is 4.39 Å². The number of rotatable bonds is 6. The summed E-state index contributed by atoms with van der Waals surface area (Å²) >= 11 is 5.96. The van der Waals surface area contributed by atoms with Gasteiger partial charge in [0, 0.05) is 29.7 Å². The molecule has 0 radical (unpaired) electrons. The number of amides is 1. The lowest BCUT2D eigenvalue weighted by atomic mass is 10.1. The summed E-state index contributed by atoms with van der Waals surface area (Å²) in [5, 5.41) is 3.06. The molecule has 0 spiro atoms. The number of halogens is 2. The highest BCUT2D eigenvalue weighted by Crippen LogP contribution is 2.23. The Morgan fingerprint density at radius 2 is 1.86 bits per heavy atom. The van der Waals surface area contributed by atoms with E-state index in [1.165, 1.54) is 41.7 Å². The fourth-order valence-corrected chi connectivity index (χ4v) is 4.98. The lowest BCUT2D eigenvalue weighted by molar-refractivity contribution is -0.121. The Morgan fingerprint density at radius 3 is 2.45 bits per heavy atom. The van der Waals surface area contributed by atoms with E-state index in [9.17, 15) is 17.6 Å². The van der Waals surface area contributed by atoms with E-state index in [0.717, 1.165) is 0 Å². The molecule has 29 heavy (non-hydrogen) atoms. The zero-order valence-electron chi connectivity index (χ0n) is 15.9. The highest BCUT2D eigenvalue weighted by molar-refractivity contribution is 7.89. The molecule has 1 aliphatic heterocycles. The van der Waals surface area contributed by atoms with E-state index in [1.54, 1.807) is 12.1 Å². The molecule has 3 rings (SSSR count). The van der Waals surface area contributed by atoms with E-state index < -0.39 is 15.8 Å². The molecule has 1 N–H and O–H groups in total. The van der Waals surface area contributed by atoms with Gasteiger partial charge in [-0.15, -0.1) is 0 Å². The van der Waals surface area contributed by atoms with Crippen LogP contribution in [0.2, 0.25) is 5.02 Å². The van der Waals surface area contributed by atoms with Crippen molar-refractivity contribution in [3.8, 4) is 5.75 Å². The smallest absolute Gasteiger partial charge is 0.243 e. The first kappa shape index (κ1) is 21.5. The van der Waals surface area contributed by atoms with Gasteiger partial charge in [-0.05, 0) is 49.2 Å². The first-order valence-corrected chi connectivity index (χ1v) is 11.0. The van der Waals surface area contributed by atoms with E-state index in [4.69, 9.17) is 16.3 Å². The number of hydrogen-bond acceptors (Lipinski definition) is 4. The molecular formula is C20H22ClFN2O4S. The van der Waals surface area contributed by atoms with Crippen LogP contribution >= 0.6 is 11.6 Å². The van der Waals surface area contributed by atoms with Crippen molar-refractivity contribution in [2.45, 2.75) is 30.2 Å². The molecule has 2 aromatic carbocycles. The van der Waals surface area contributed by atoms with Crippen molar-refractivity contribution >= 4 is 27.5 Å². The third-order valence-electron chi connectivity index (χ3n) is 4.92. The summed E-state index contributed by atoms with van der Waals surface area (Å²) in [6.45, 7) is 0.583. The van der Waals surface area contributed by atoms with Crippen molar-refractivity contribution in [2.24, 2.45) is 0 Å². The van der Waals surface area contributed by atoms with Crippen molar-refractivity contribution in [3.63, 3.8) is 0 Å². The first-order valence-electron chi connectivity index (χ1n) is 9.17. The summed E-state index contributed by atoms with van der Waals surface area (Å²) in [5.74, 6) is -0.276. The average Bonchev–Trinajstić information content (AvgIpc) is 2.71. The van der Waals surface area contributed by atoms with Crippen LogP contribution in [-0.2, 0) is 21.2 Å². The Bertz CT molecular complexity index is 954. The number of carbonyl (C=O) groups is 1. The normalized spacial score (nSPS) is 15.8. The highest BCUT2D eigenvalue weighted by Gasteiger charge is 2.30. The maximum atomic E-state index is 13.8. The summed E-state index contributed by atoms with van der Waals surface area (Å²) in [5.41, 5.74) is 0.159. The lowest BCUT2D eigenvalue weighted by Gasteiger charge is -2.31. The van der Waals surface area contributed by atoms with Gasteiger partial charge in [-0.1, -0.05) is 17.7 Å². The van der Waals surface area contributed by atoms with Gasteiger partial charge in [-0.3, -0.25) is 4.79 Å². The van der Waals surface area contributed by atoms with Gasteiger partial charge >= 0.3 is 0 Å². The second kappa shape index (κ2) is 9.11. The molecule has 2 aromatic rings. The molecule has 6 nitrogen and oxygen atoms in total. The molecule has 0 aliphatic carbocycles. The summed E-state index contributed by atoms with van der Waals surface area (Å²) in [6.07, 6.45) is 0.800. The average molecular weight is 441 g/mol. The summed E-state index contributed by atoms with van der Waals surface area (Å²) < 4.78 is 45.8. The van der Waals surface area contributed by atoms with Crippen LogP contribution in [0.1, 0.15) is 18.4 Å². The van der Waals surface area contributed by atoms with Crippen LogP contribution in [0.5, 0.6) is 5.75 Å². The van der Waals surface area contributed by atoms with Crippen molar-refractivity contribution in [2.75, 3.05) is 20.2 Å². The maximum Gasteiger partial charge on any atom is 0.243 e. The van der Waals surface area contributed by atoms with Gasteiger partial charge in [0.15, 0.2) is 0 Å². The molecule has 0 atom stereocenters. The molecule has 1 saturated heterocycles. The van der Waals surface area contributed by atoms with Gasteiger partial charge in [-0.2, -0.15) is 4.31 Å². The van der Waals surface area contributed by atoms with E-state index in [-0.39, 0.29) is 33.9 Å². The number of benzene rings is 2. The van der Waals surface area contributed by atoms with Gasteiger partial charge in [0.25, 0.3) is 0 Å². The zero-order valence-corrected chi connectivity index (χ0v) is 17.5. The minimum Gasteiger partial charge on any atom is -0.497 e. The molecule has 1 amide bonds. The van der Waals surface area contributed by atoms with Crippen molar-refractivity contribution in [3.05, 3.63) is 58.9 Å². The molecule has 1 aliphatic rings. The van der Waals surface area contributed by atoms with Crippen LogP contribution in [0.3, 0.4) is 0 Å². The van der Waals surface area contributed by atoms with E-state index in [1.807, 2.05) is 0 Å². The molecular weight excluding hydrogens is 419 g/mol. The summed E-state index contributed by atoms with van der Waals surface area (Å²) in [7, 11) is -2.08. The number of sulfonamides is 1. The number of nitrogens with zero attached hydrogens (tertiary/aromatic N) is 1. The highest BCUT2D eigenvalue weighted by atomic mass is 35.5. The SMILES string of the molecule is COc1ccc(S(=O)(=O)N2CCC(NC(=O)Cc3c(F)cccc3Cl)CC2)cc1. The van der Waals surface area contributed by atoms with E-state index in [0.29, 0.717) is 31.7 Å². The Hall–Kier alpha value is -2.16. The largest absolute Gasteiger partial charge is 0.497 e. The minimum atomic E-state index is -3.60. The zero-order chi connectivity index (χ0) is 21.0. The van der Waals surface area contributed by atoms with Gasteiger partial charge in [-0.25, -0.2) is 12.8 Å². The Kier molecular flexibility index (Phi) is 6.77. The molecule has 0 bridgehead atoms. The molecule has 156 valence electrons. The summed E-state index contributed by atoms with van der Waals surface area (Å²) in [4.78, 5) is 12.5. The molecule has 1 fully saturated rings. The molecule has 1 heterocycles. The number of carbonyl (C=O) groups excluding carboxylic acids is 1. The predicted molar refractivity (Wildman–Crippen MR) is 108 cm³/mol. The first-order chi connectivity index (χ1) is 13.8. The number of methoxy groups -OCH3 is 1. The standard InChI is InChI=1S/C20H22ClFN2O4S/c1-28-15-5-7-16(8-6-15)29(26,27)24-11-9-14(10-12-24)23-20(25)13-17-18(21)3-2-4-19(17)22/h2-8,14H,9-13H2,1H3,(H,23,25). The Balaban J connectivity index is 1.56. The van der Waals surface area contributed by atoms with Gasteiger partial charge in [0.2, 0.25) is 15.9 Å². The van der Waals surface area contributed by atoms with Crippen molar-refractivity contribution in [1.82, 2.24) is 9.62 Å². The second-order valence-corrected chi connectivity index (χ2v) is 9.14.